The van der Waals surface area contributed by atoms with Crippen molar-refractivity contribution >= 4 is 44.8 Å². The summed E-state index contributed by atoms with van der Waals surface area (Å²) in [6.07, 6.45) is 2.88. The molecule has 2 heterocycles. The van der Waals surface area contributed by atoms with Crippen molar-refractivity contribution in [2.45, 2.75) is 52.1 Å². The Morgan fingerprint density at radius 2 is 2.00 bits per heavy atom. The molecule has 2 aromatic rings. The van der Waals surface area contributed by atoms with Crippen LogP contribution in [0.1, 0.15) is 55.2 Å². The highest BCUT2D eigenvalue weighted by molar-refractivity contribution is 7.85. The fourth-order valence-electron chi connectivity index (χ4n) is 6.09. The molecule has 35 heavy (non-hydrogen) atoms. The average Bonchev–Trinajstić information content (AvgIpc) is 3.37. The lowest BCUT2D eigenvalue weighted by Crippen LogP contribution is -2.42. The number of hydrogen-bond donors (Lipinski definition) is 2. The zero-order chi connectivity index (χ0) is 25.6. The number of aliphatic carboxylic acids is 1. The maximum atomic E-state index is 11.9. The first-order chi connectivity index (χ1) is 16.4. The van der Waals surface area contributed by atoms with E-state index >= 15 is 0 Å². The number of carboxylic acids is 1. The third-order valence-corrected chi connectivity index (χ3v) is 10.4. The molecule has 1 aromatic heterocycles. The van der Waals surface area contributed by atoms with Crippen LogP contribution < -0.4 is 0 Å². The molecular weight excluding hydrogens is 510 g/mol. The molecule has 0 amide bonds. The van der Waals surface area contributed by atoms with E-state index < -0.39 is 33.3 Å². The predicted molar refractivity (Wildman–Crippen MR) is 135 cm³/mol. The molecule has 1 aromatic carbocycles. The van der Waals surface area contributed by atoms with E-state index in [0.717, 1.165) is 19.4 Å². The second kappa shape index (κ2) is 9.59. The smallest absolute Gasteiger partial charge is 0.325 e. The quantitative estimate of drug-likeness (QED) is 0.522. The molecule has 2 bridgehead atoms. The van der Waals surface area contributed by atoms with Gasteiger partial charge in [0.25, 0.3) is 10.1 Å². The van der Waals surface area contributed by atoms with Crippen LogP contribution in [-0.2, 0) is 32.7 Å². The first-order valence-corrected chi connectivity index (χ1v) is 14.5. The monoisotopic (exact) mass is 539 g/mol. The highest BCUT2D eigenvalue weighted by Gasteiger charge is 2.65. The number of benzene rings is 1. The third-order valence-electron chi connectivity index (χ3n) is 8.20. The van der Waals surface area contributed by atoms with E-state index in [1.165, 1.54) is 10.4 Å². The standard InChI is InChI=1S/C15H14ClNO2S.C10H16O4S/c16-12-4-2-1-3-11(12)14(15(18)19)17-7-5-13-10(9-17)6-8-20-13;1-9(2)7-3-4-10(9,8(11)5-7)6-15(12,13)14/h1-4,6,8,14H,5,7,9H2,(H,18,19);7H,3-6H2,1-2H3,(H,12,13,14)/t14-;/m1./s1. The second-order valence-corrected chi connectivity index (χ2v) is 13.1. The average molecular weight is 540 g/mol. The van der Waals surface area contributed by atoms with E-state index in [4.69, 9.17) is 16.2 Å². The first-order valence-electron chi connectivity index (χ1n) is 11.6. The SMILES string of the molecule is CC1(C)C2CCC1(CS(=O)(=O)O)C(=O)C2.O=C(O)[C@@H](c1ccccc1Cl)N1CCc2sccc2C1. The number of thiophene rings is 1. The van der Waals surface area contributed by atoms with Gasteiger partial charge in [0, 0.05) is 29.4 Å². The van der Waals surface area contributed by atoms with Gasteiger partial charge in [0.2, 0.25) is 0 Å². The number of fused-ring (bicyclic) bond motifs is 3. The Balaban J connectivity index is 0.000000172. The van der Waals surface area contributed by atoms with Crippen LogP contribution in [0.5, 0.6) is 0 Å². The normalized spacial score (nSPS) is 26.1. The van der Waals surface area contributed by atoms with E-state index in [9.17, 15) is 23.1 Å². The van der Waals surface area contributed by atoms with Crippen molar-refractivity contribution in [2.75, 3.05) is 12.3 Å². The lowest BCUT2D eigenvalue weighted by molar-refractivity contribution is -0.144. The van der Waals surface area contributed by atoms with Gasteiger partial charge in [0.05, 0.1) is 11.2 Å². The molecule has 7 nitrogen and oxygen atoms in total. The van der Waals surface area contributed by atoms with Gasteiger partial charge in [-0.05, 0) is 59.2 Å². The molecule has 0 radical (unpaired) electrons. The lowest BCUT2D eigenvalue weighted by Gasteiger charge is -2.35. The fourth-order valence-corrected chi connectivity index (χ4v) is 8.52. The minimum Gasteiger partial charge on any atom is -0.480 e. The van der Waals surface area contributed by atoms with Crippen molar-refractivity contribution in [3.05, 3.63) is 56.7 Å². The molecule has 3 aliphatic rings. The second-order valence-electron chi connectivity index (χ2n) is 10.2. The van der Waals surface area contributed by atoms with Gasteiger partial charge in [-0.25, -0.2) is 0 Å². The van der Waals surface area contributed by atoms with Gasteiger partial charge in [0.1, 0.15) is 11.8 Å². The van der Waals surface area contributed by atoms with Gasteiger partial charge in [-0.3, -0.25) is 19.0 Å². The van der Waals surface area contributed by atoms with Gasteiger partial charge in [-0.2, -0.15) is 8.42 Å². The van der Waals surface area contributed by atoms with Crippen LogP contribution in [0, 0.1) is 16.7 Å². The van der Waals surface area contributed by atoms with Gasteiger partial charge in [-0.15, -0.1) is 11.3 Å². The minimum absolute atomic E-state index is 0.0152. The van der Waals surface area contributed by atoms with Gasteiger partial charge in [-0.1, -0.05) is 43.6 Å². The Morgan fingerprint density at radius 1 is 1.29 bits per heavy atom. The summed E-state index contributed by atoms with van der Waals surface area (Å²) in [4.78, 5) is 26.9. The number of Topliss-reactive ketones (excluding diaryl/α,β-unsaturated/α-hetero) is 1. The highest BCUT2D eigenvalue weighted by Crippen LogP contribution is 2.64. The number of carbonyl (C=O) groups is 2. The Labute approximate surface area is 214 Å². The minimum atomic E-state index is -4.08. The van der Waals surface area contributed by atoms with E-state index in [2.05, 4.69) is 11.4 Å². The van der Waals surface area contributed by atoms with Crippen molar-refractivity contribution < 1.29 is 27.7 Å². The van der Waals surface area contributed by atoms with Crippen LogP contribution in [0.2, 0.25) is 5.02 Å². The van der Waals surface area contributed by atoms with Crippen LogP contribution in [0.3, 0.4) is 0 Å². The summed E-state index contributed by atoms with van der Waals surface area (Å²) < 4.78 is 31.0. The summed E-state index contributed by atoms with van der Waals surface area (Å²) in [5.41, 5.74) is 0.783. The number of hydrogen-bond acceptors (Lipinski definition) is 6. The molecule has 2 saturated carbocycles. The molecular formula is C25H30ClNO6S2. The highest BCUT2D eigenvalue weighted by atomic mass is 35.5. The van der Waals surface area contributed by atoms with Crippen LogP contribution in [0.25, 0.3) is 0 Å². The van der Waals surface area contributed by atoms with Crippen molar-refractivity contribution in [3.63, 3.8) is 0 Å². The Kier molecular flexibility index (Phi) is 7.20. The summed E-state index contributed by atoms with van der Waals surface area (Å²) in [6, 6.07) is 8.58. The summed E-state index contributed by atoms with van der Waals surface area (Å²) >= 11 is 7.92. The summed E-state index contributed by atoms with van der Waals surface area (Å²) in [5, 5.41) is 12.2. The van der Waals surface area contributed by atoms with Crippen LogP contribution >= 0.6 is 22.9 Å². The zero-order valence-electron chi connectivity index (χ0n) is 19.7. The third kappa shape index (κ3) is 4.93. The lowest BCUT2D eigenvalue weighted by atomic mass is 9.70. The molecule has 5 rings (SSSR count). The molecule has 0 spiro atoms. The molecule has 2 fully saturated rings. The molecule has 0 saturated heterocycles. The maximum Gasteiger partial charge on any atom is 0.325 e. The Morgan fingerprint density at radius 3 is 2.57 bits per heavy atom. The molecule has 10 heteroatoms. The van der Waals surface area contributed by atoms with Crippen LogP contribution in [-0.4, -0.2) is 47.0 Å². The number of rotatable bonds is 5. The van der Waals surface area contributed by atoms with Crippen molar-refractivity contribution in [2.24, 2.45) is 16.7 Å². The van der Waals surface area contributed by atoms with Gasteiger partial charge < -0.3 is 5.11 Å². The zero-order valence-corrected chi connectivity index (χ0v) is 22.1. The Bertz CT molecular complexity index is 1240. The van der Waals surface area contributed by atoms with Gasteiger partial charge in [0.15, 0.2) is 0 Å². The number of carboxylic acid groups (broad SMARTS) is 1. The summed E-state index contributed by atoms with van der Waals surface area (Å²) in [5.74, 6) is -0.951. The van der Waals surface area contributed by atoms with E-state index in [1.54, 1.807) is 23.5 Å². The van der Waals surface area contributed by atoms with Gasteiger partial charge >= 0.3 is 5.97 Å². The van der Waals surface area contributed by atoms with E-state index in [1.807, 2.05) is 30.9 Å². The number of nitrogens with zero attached hydrogens (tertiary/aromatic N) is 1. The first kappa shape index (κ1) is 26.3. The molecule has 190 valence electrons. The molecule has 2 aliphatic carbocycles. The molecule has 2 N–H and O–H groups in total. The largest absolute Gasteiger partial charge is 0.480 e. The van der Waals surface area contributed by atoms with Crippen molar-refractivity contribution in [1.29, 1.82) is 0 Å². The molecule has 3 atom stereocenters. The number of carbonyl (C=O) groups excluding carboxylic acids is 1. The summed E-state index contributed by atoms with van der Waals surface area (Å²) in [6.45, 7) is 5.30. The summed E-state index contributed by atoms with van der Waals surface area (Å²) in [7, 11) is -4.08. The van der Waals surface area contributed by atoms with E-state index in [-0.39, 0.29) is 17.1 Å². The van der Waals surface area contributed by atoms with Crippen molar-refractivity contribution in [1.82, 2.24) is 4.90 Å². The van der Waals surface area contributed by atoms with Crippen LogP contribution in [0.15, 0.2) is 35.7 Å². The number of ketones is 1. The fraction of sp³-hybridized carbons (Fsp3) is 0.520. The topological polar surface area (TPSA) is 112 Å². The maximum absolute atomic E-state index is 11.9. The van der Waals surface area contributed by atoms with Crippen LogP contribution in [0.4, 0.5) is 0 Å². The number of halogens is 1. The molecule has 2 unspecified atom stereocenters. The Hall–Kier alpha value is -1.78. The van der Waals surface area contributed by atoms with Crippen molar-refractivity contribution in [3.8, 4) is 0 Å². The molecule has 1 aliphatic heterocycles. The predicted octanol–water partition coefficient (Wildman–Crippen LogP) is 4.86. The van der Waals surface area contributed by atoms with E-state index in [0.29, 0.717) is 30.0 Å².